The van der Waals surface area contributed by atoms with Gasteiger partial charge in [-0.25, -0.2) is 0 Å². The van der Waals surface area contributed by atoms with Crippen LogP contribution in [0.4, 0.5) is 0 Å². The zero-order valence-corrected chi connectivity index (χ0v) is 14.6. The number of para-hydroxylation sites is 1. The zero-order chi connectivity index (χ0) is 19.5. The Morgan fingerprint density at radius 3 is 2.12 bits per heavy atom. The molecule has 0 aliphatic carbocycles. The van der Waals surface area contributed by atoms with Gasteiger partial charge in [0.2, 0.25) is 0 Å². The van der Waals surface area contributed by atoms with Crippen molar-refractivity contribution in [3.63, 3.8) is 0 Å². The molecule has 0 aliphatic rings. The average Bonchev–Trinajstić information content (AvgIpc) is 2.46. The maximum atomic E-state index is 11.8. The molecule has 1 aromatic carbocycles. The molecule has 0 atom stereocenters. The standard InChI is InChI=1S/C12H19NO10P2/c14-9-5-3-4-8(10(9)15)11(16)13-7-2-1-6-12(17,24(18,19)20)25(21,22)23/h3-5,14-15,17H,1-2,6-7H2,(H,13,16)(H2,18,19,20)(H2,21,22,23). The summed E-state index contributed by atoms with van der Waals surface area (Å²) in [6, 6.07) is 3.77. The number of aliphatic hydroxyl groups is 1. The fourth-order valence-corrected chi connectivity index (χ4v) is 4.22. The number of nitrogens with one attached hydrogen (secondary N) is 1. The molecule has 0 unspecified atom stereocenters. The highest BCUT2D eigenvalue weighted by Gasteiger charge is 2.58. The summed E-state index contributed by atoms with van der Waals surface area (Å²) >= 11 is 0. The number of unbranched alkanes of at least 4 members (excludes halogenated alkanes) is 1. The number of benzene rings is 1. The fraction of sp³-hybridized carbons (Fsp3) is 0.417. The first kappa shape index (κ1) is 21.6. The van der Waals surface area contributed by atoms with Crippen LogP contribution in [0.3, 0.4) is 0 Å². The number of rotatable bonds is 8. The number of phenols is 2. The van der Waals surface area contributed by atoms with Crippen molar-refractivity contribution < 1.29 is 48.8 Å². The Morgan fingerprint density at radius 1 is 1.04 bits per heavy atom. The third-order valence-corrected chi connectivity index (χ3v) is 7.29. The minimum absolute atomic E-state index is 0.0353. The van der Waals surface area contributed by atoms with E-state index in [4.69, 9.17) is 19.6 Å². The van der Waals surface area contributed by atoms with Gasteiger partial charge in [-0.3, -0.25) is 13.9 Å². The molecule has 142 valence electrons. The molecule has 1 aromatic rings. The van der Waals surface area contributed by atoms with E-state index in [2.05, 4.69) is 5.32 Å². The number of hydrogen-bond acceptors (Lipinski definition) is 6. The summed E-state index contributed by atoms with van der Waals surface area (Å²) in [5.41, 5.74) is -0.193. The predicted molar refractivity (Wildman–Crippen MR) is 85.0 cm³/mol. The molecule has 1 rings (SSSR count). The van der Waals surface area contributed by atoms with Crippen LogP contribution >= 0.6 is 15.2 Å². The quantitative estimate of drug-likeness (QED) is 0.167. The van der Waals surface area contributed by atoms with E-state index in [0.29, 0.717) is 0 Å². The Kier molecular flexibility index (Phi) is 6.77. The van der Waals surface area contributed by atoms with Crippen molar-refractivity contribution in [3.8, 4) is 11.5 Å². The molecule has 1 amide bonds. The van der Waals surface area contributed by atoms with E-state index >= 15 is 0 Å². The molecule has 0 bridgehead atoms. The van der Waals surface area contributed by atoms with Crippen molar-refractivity contribution >= 4 is 21.1 Å². The number of phenolic OH excluding ortho intramolecular Hbond substituents is 2. The SMILES string of the molecule is O=C(NCCCCC(O)(P(=O)(O)O)P(=O)(O)O)c1cccc(O)c1O. The summed E-state index contributed by atoms with van der Waals surface area (Å²) < 4.78 is 22.3. The molecule has 11 nitrogen and oxygen atoms in total. The summed E-state index contributed by atoms with van der Waals surface area (Å²) in [6.45, 7) is -0.0632. The van der Waals surface area contributed by atoms with Gasteiger partial charge in [0.05, 0.1) is 5.56 Å². The molecular formula is C12H19NO10P2. The highest BCUT2D eigenvalue weighted by molar-refractivity contribution is 7.72. The summed E-state index contributed by atoms with van der Waals surface area (Å²) in [4.78, 5) is 47.7. The van der Waals surface area contributed by atoms with Crippen LogP contribution in [0, 0.1) is 0 Å². The minimum Gasteiger partial charge on any atom is -0.504 e. The number of hydrogen-bond donors (Lipinski definition) is 8. The number of carbonyl (C=O) groups is 1. The monoisotopic (exact) mass is 399 g/mol. The van der Waals surface area contributed by atoms with E-state index < -0.39 is 44.1 Å². The molecule has 13 heteroatoms. The van der Waals surface area contributed by atoms with Gasteiger partial charge in [-0.15, -0.1) is 0 Å². The summed E-state index contributed by atoms with van der Waals surface area (Å²) in [5, 5.41) is 27.4. The highest BCUT2D eigenvalue weighted by Crippen LogP contribution is 2.69. The number of carbonyl (C=O) groups excluding carboxylic acids is 1. The Balaban J connectivity index is 2.58. The van der Waals surface area contributed by atoms with Gasteiger partial charge >= 0.3 is 15.2 Å². The average molecular weight is 399 g/mol. The first-order valence-corrected chi connectivity index (χ1v) is 10.2. The largest absolute Gasteiger partial charge is 0.504 e. The number of aromatic hydroxyl groups is 2. The normalized spacial score (nSPS) is 12.8. The lowest BCUT2D eigenvalue weighted by atomic mass is 10.1. The lowest BCUT2D eigenvalue weighted by Gasteiger charge is -2.29. The predicted octanol–water partition coefficient (Wildman–Crippen LogP) is -0.000600. The zero-order valence-electron chi connectivity index (χ0n) is 12.8. The van der Waals surface area contributed by atoms with E-state index in [1.54, 1.807) is 0 Å². The Morgan fingerprint density at radius 2 is 1.60 bits per heavy atom. The van der Waals surface area contributed by atoms with Crippen LogP contribution < -0.4 is 5.32 Å². The first-order chi connectivity index (χ1) is 11.3. The van der Waals surface area contributed by atoms with Crippen LogP contribution in [0.1, 0.15) is 29.6 Å². The molecular weight excluding hydrogens is 380 g/mol. The minimum atomic E-state index is -5.49. The van der Waals surface area contributed by atoms with Gasteiger partial charge in [0.15, 0.2) is 11.5 Å². The Hall–Kier alpha value is -1.45. The lowest BCUT2D eigenvalue weighted by molar-refractivity contribution is 0.0946. The van der Waals surface area contributed by atoms with Crippen molar-refractivity contribution in [2.75, 3.05) is 6.54 Å². The van der Waals surface area contributed by atoms with Gasteiger partial charge in [-0.2, -0.15) is 0 Å². The van der Waals surface area contributed by atoms with Crippen LogP contribution in [0.5, 0.6) is 11.5 Å². The van der Waals surface area contributed by atoms with E-state index in [1.807, 2.05) is 0 Å². The van der Waals surface area contributed by atoms with Crippen LogP contribution in [0.2, 0.25) is 0 Å². The third kappa shape index (κ3) is 5.02. The van der Waals surface area contributed by atoms with Crippen LogP contribution in [0.15, 0.2) is 18.2 Å². The van der Waals surface area contributed by atoms with Gasteiger partial charge < -0.3 is 40.2 Å². The summed E-state index contributed by atoms with van der Waals surface area (Å²) in [6.07, 6.45) is -1.05. The molecule has 0 saturated carbocycles. The van der Waals surface area contributed by atoms with Crippen LogP contribution in [-0.4, -0.2) is 52.4 Å². The van der Waals surface area contributed by atoms with Gasteiger partial charge in [0.1, 0.15) is 0 Å². The second kappa shape index (κ2) is 7.84. The number of amides is 1. The first-order valence-electron chi connectivity index (χ1n) is 6.94. The second-order valence-corrected chi connectivity index (χ2v) is 9.26. The molecule has 0 saturated heterocycles. The third-order valence-electron chi connectivity index (χ3n) is 3.42. The van der Waals surface area contributed by atoms with Crippen molar-refractivity contribution in [3.05, 3.63) is 23.8 Å². The second-order valence-electron chi connectivity index (χ2n) is 5.25. The summed E-state index contributed by atoms with van der Waals surface area (Å²) in [7, 11) is -11.0. The molecule has 8 N–H and O–H groups in total. The van der Waals surface area contributed by atoms with Crippen LogP contribution in [-0.2, 0) is 9.13 Å². The van der Waals surface area contributed by atoms with Gasteiger partial charge in [0, 0.05) is 6.54 Å². The molecule has 0 aliphatic heterocycles. The molecule has 0 radical (unpaired) electrons. The van der Waals surface area contributed by atoms with E-state index in [-0.39, 0.29) is 24.9 Å². The van der Waals surface area contributed by atoms with E-state index in [0.717, 1.165) is 0 Å². The van der Waals surface area contributed by atoms with Crippen molar-refractivity contribution in [2.45, 2.75) is 24.3 Å². The van der Waals surface area contributed by atoms with E-state index in [1.165, 1.54) is 18.2 Å². The van der Waals surface area contributed by atoms with Crippen molar-refractivity contribution in [2.24, 2.45) is 0 Å². The molecule has 0 aromatic heterocycles. The van der Waals surface area contributed by atoms with Gasteiger partial charge in [-0.1, -0.05) is 6.07 Å². The van der Waals surface area contributed by atoms with Gasteiger partial charge in [-0.05, 0) is 31.4 Å². The van der Waals surface area contributed by atoms with Crippen molar-refractivity contribution in [1.82, 2.24) is 5.32 Å². The van der Waals surface area contributed by atoms with Crippen LogP contribution in [0.25, 0.3) is 0 Å². The highest BCUT2D eigenvalue weighted by atomic mass is 31.2. The Bertz CT molecular complexity index is 703. The topological polar surface area (TPSA) is 205 Å². The molecule has 0 spiro atoms. The smallest absolute Gasteiger partial charge is 0.369 e. The Labute approximate surface area is 142 Å². The maximum Gasteiger partial charge on any atom is 0.369 e. The van der Waals surface area contributed by atoms with E-state index in [9.17, 15) is 29.2 Å². The molecule has 0 fully saturated rings. The molecule has 0 heterocycles. The summed E-state index contributed by atoms with van der Waals surface area (Å²) in [5.74, 6) is -1.83. The van der Waals surface area contributed by atoms with Crippen molar-refractivity contribution in [1.29, 1.82) is 0 Å². The lowest BCUT2D eigenvalue weighted by Crippen LogP contribution is -2.29. The fourth-order valence-electron chi connectivity index (χ4n) is 1.96. The van der Waals surface area contributed by atoms with Gasteiger partial charge in [0.25, 0.3) is 11.0 Å². The molecule has 25 heavy (non-hydrogen) atoms. The maximum absolute atomic E-state index is 11.8.